The number of aryl methyl sites for hydroxylation is 1. The molecule has 8 nitrogen and oxygen atoms in total. The van der Waals surface area contributed by atoms with Crippen molar-refractivity contribution in [1.29, 1.82) is 0 Å². The second-order valence-electron chi connectivity index (χ2n) is 7.07. The van der Waals surface area contributed by atoms with Gasteiger partial charge in [-0.1, -0.05) is 12.1 Å². The standard InChI is InChI=1S/C21H24F2N4O4/c1-26-13-15(12-24-26)20(29)25-16-8-10-27(11-9-16)18(28)7-6-14-4-3-5-17(30-2)19(14)31-21(22)23/h3-7,12-13,16,21H,8-11H2,1-2H3,(H,25,29)/b7-6+. The fourth-order valence-corrected chi connectivity index (χ4v) is 3.36. The molecule has 1 aromatic heterocycles. The van der Waals surface area contributed by atoms with Gasteiger partial charge in [0.25, 0.3) is 5.91 Å². The van der Waals surface area contributed by atoms with Gasteiger partial charge in [-0.3, -0.25) is 14.3 Å². The normalized spacial score (nSPS) is 14.8. The van der Waals surface area contributed by atoms with Gasteiger partial charge in [-0.05, 0) is 25.0 Å². The van der Waals surface area contributed by atoms with Crippen LogP contribution in [0.15, 0.2) is 36.7 Å². The minimum Gasteiger partial charge on any atom is -0.493 e. The molecule has 1 aliphatic heterocycles. The Labute approximate surface area is 178 Å². The molecule has 1 aliphatic rings. The molecule has 0 unspecified atom stereocenters. The smallest absolute Gasteiger partial charge is 0.387 e. The van der Waals surface area contributed by atoms with Crippen LogP contribution in [0.25, 0.3) is 6.08 Å². The summed E-state index contributed by atoms with van der Waals surface area (Å²) in [6.45, 7) is -2.07. The van der Waals surface area contributed by atoms with Crippen molar-refractivity contribution in [2.45, 2.75) is 25.5 Å². The number of likely N-dealkylation sites (tertiary alicyclic amines) is 1. The highest BCUT2D eigenvalue weighted by Gasteiger charge is 2.23. The monoisotopic (exact) mass is 434 g/mol. The highest BCUT2D eigenvalue weighted by molar-refractivity contribution is 5.94. The third kappa shape index (κ3) is 5.80. The maximum absolute atomic E-state index is 12.7. The number of nitrogens with one attached hydrogen (secondary N) is 1. The van der Waals surface area contributed by atoms with Crippen LogP contribution in [0, 0.1) is 0 Å². The van der Waals surface area contributed by atoms with Gasteiger partial charge in [-0.15, -0.1) is 0 Å². The average Bonchev–Trinajstić information content (AvgIpc) is 3.19. The van der Waals surface area contributed by atoms with Crippen LogP contribution in [0.1, 0.15) is 28.8 Å². The van der Waals surface area contributed by atoms with Gasteiger partial charge in [0.15, 0.2) is 11.5 Å². The number of ether oxygens (including phenoxy) is 2. The molecule has 1 saturated heterocycles. The van der Waals surface area contributed by atoms with Crippen LogP contribution in [0.4, 0.5) is 8.78 Å². The highest BCUT2D eigenvalue weighted by atomic mass is 19.3. The second-order valence-corrected chi connectivity index (χ2v) is 7.07. The first kappa shape index (κ1) is 22.3. The lowest BCUT2D eigenvalue weighted by Gasteiger charge is -2.31. The molecule has 2 amide bonds. The number of hydrogen-bond donors (Lipinski definition) is 1. The van der Waals surface area contributed by atoms with Gasteiger partial charge in [0.2, 0.25) is 5.91 Å². The summed E-state index contributed by atoms with van der Waals surface area (Å²) in [4.78, 5) is 26.4. The predicted molar refractivity (Wildman–Crippen MR) is 109 cm³/mol. The number of alkyl halides is 2. The molecule has 10 heteroatoms. The Morgan fingerprint density at radius 1 is 1.29 bits per heavy atom. The molecule has 1 N–H and O–H groups in total. The number of para-hydroxylation sites is 1. The van der Waals surface area contributed by atoms with Crippen molar-refractivity contribution in [2.75, 3.05) is 20.2 Å². The van der Waals surface area contributed by atoms with Crippen LogP contribution in [-0.4, -0.2) is 59.3 Å². The Hall–Kier alpha value is -3.43. The van der Waals surface area contributed by atoms with Gasteiger partial charge in [0.05, 0.1) is 18.9 Å². The molecular weight excluding hydrogens is 410 g/mol. The minimum atomic E-state index is -3.01. The van der Waals surface area contributed by atoms with Crippen molar-refractivity contribution in [3.63, 3.8) is 0 Å². The van der Waals surface area contributed by atoms with Gasteiger partial charge >= 0.3 is 6.61 Å². The average molecular weight is 434 g/mol. The molecule has 0 radical (unpaired) electrons. The SMILES string of the molecule is COc1cccc(/C=C/C(=O)N2CCC(NC(=O)c3cnn(C)c3)CC2)c1OC(F)F. The Balaban J connectivity index is 1.56. The molecule has 0 bridgehead atoms. The lowest BCUT2D eigenvalue weighted by atomic mass is 10.0. The lowest BCUT2D eigenvalue weighted by Crippen LogP contribution is -2.46. The van der Waals surface area contributed by atoms with Crippen molar-refractivity contribution in [3.8, 4) is 11.5 Å². The van der Waals surface area contributed by atoms with Gasteiger partial charge < -0.3 is 19.7 Å². The Kier molecular flexibility index (Phi) is 7.22. The van der Waals surface area contributed by atoms with Crippen LogP contribution in [0.2, 0.25) is 0 Å². The summed E-state index contributed by atoms with van der Waals surface area (Å²) in [5, 5.41) is 6.94. The van der Waals surface area contributed by atoms with Crippen LogP contribution in [-0.2, 0) is 11.8 Å². The van der Waals surface area contributed by atoms with Crippen LogP contribution in [0.5, 0.6) is 11.5 Å². The van der Waals surface area contributed by atoms with Crippen LogP contribution < -0.4 is 14.8 Å². The molecule has 0 spiro atoms. The number of hydrogen-bond acceptors (Lipinski definition) is 5. The van der Waals surface area contributed by atoms with Crippen molar-refractivity contribution in [3.05, 3.63) is 47.8 Å². The molecule has 3 rings (SSSR count). The van der Waals surface area contributed by atoms with E-state index in [1.807, 2.05) is 0 Å². The summed E-state index contributed by atoms with van der Waals surface area (Å²) in [7, 11) is 3.09. The van der Waals surface area contributed by atoms with E-state index in [2.05, 4.69) is 15.2 Å². The van der Waals surface area contributed by atoms with Crippen molar-refractivity contribution < 1.29 is 27.8 Å². The third-order valence-corrected chi connectivity index (χ3v) is 4.95. The largest absolute Gasteiger partial charge is 0.493 e. The van der Waals surface area contributed by atoms with Crippen molar-refractivity contribution in [2.24, 2.45) is 7.05 Å². The molecule has 166 valence electrons. The number of nitrogens with zero attached hydrogens (tertiary/aromatic N) is 3. The summed E-state index contributed by atoms with van der Waals surface area (Å²) < 4.78 is 36.6. The number of aromatic nitrogens is 2. The van der Waals surface area contributed by atoms with E-state index in [1.165, 1.54) is 31.5 Å². The summed E-state index contributed by atoms with van der Waals surface area (Å²) in [6, 6.07) is 4.65. The first-order valence-corrected chi connectivity index (χ1v) is 9.75. The molecule has 2 heterocycles. The van der Waals surface area contributed by atoms with Gasteiger partial charge in [-0.2, -0.15) is 13.9 Å². The van der Waals surface area contributed by atoms with E-state index < -0.39 is 6.61 Å². The summed E-state index contributed by atoms with van der Waals surface area (Å²) >= 11 is 0. The fourth-order valence-electron chi connectivity index (χ4n) is 3.36. The fraction of sp³-hybridized carbons (Fsp3) is 0.381. The van der Waals surface area contributed by atoms with Gasteiger partial charge in [-0.25, -0.2) is 0 Å². The number of carbonyl (C=O) groups excluding carboxylic acids is 2. The summed E-state index contributed by atoms with van der Waals surface area (Å²) in [5.74, 6) is -0.411. The number of benzene rings is 1. The first-order valence-electron chi connectivity index (χ1n) is 9.75. The van der Waals surface area contributed by atoms with E-state index in [0.717, 1.165) is 0 Å². The van der Waals surface area contributed by atoms with E-state index in [9.17, 15) is 18.4 Å². The predicted octanol–water partition coefficient (Wildman–Crippen LogP) is 2.46. The quantitative estimate of drug-likeness (QED) is 0.677. The first-order chi connectivity index (χ1) is 14.9. The molecule has 0 saturated carbocycles. The molecular formula is C21H24F2N4O4. The van der Waals surface area contributed by atoms with E-state index in [1.54, 1.807) is 35.0 Å². The van der Waals surface area contributed by atoms with E-state index in [0.29, 0.717) is 37.1 Å². The maximum atomic E-state index is 12.7. The molecule has 0 aliphatic carbocycles. The number of rotatable bonds is 7. The minimum absolute atomic E-state index is 0.0369. The van der Waals surface area contributed by atoms with E-state index >= 15 is 0 Å². The Morgan fingerprint density at radius 2 is 2.03 bits per heavy atom. The number of carbonyl (C=O) groups is 2. The zero-order chi connectivity index (χ0) is 22.4. The number of methoxy groups -OCH3 is 1. The van der Waals surface area contributed by atoms with Crippen LogP contribution >= 0.6 is 0 Å². The van der Waals surface area contributed by atoms with Crippen molar-refractivity contribution >= 4 is 17.9 Å². The molecule has 2 aromatic rings. The summed E-state index contributed by atoms with van der Waals surface area (Å²) in [6.07, 6.45) is 7.13. The Bertz CT molecular complexity index is 953. The highest BCUT2D eigenvalue weighted by Crippen LogP contribution is 2.33. The number of halogens is 2. The topological polar surface area (TPSA) is 85.7 Å². The number of piperidine rings is 1. The number of amides is 2. The molecule has 31 heavy (non-hydrogen) atoms. The third-order valence-electron chi connectivity index (χ3n) is 4.95. The van der Waals surface area contributed by atoms with Crippen molar-refractivity contribution in [1.82, 2.24) is 20.0 Å². The van der Waals surface area contributed by atoms with Gasteiger partial charge in [0.1, 0.15) is 0 Å². The lowest BCUT2D eigenvalue weighted by molar-refractivity contribution is -0.127. The summed E-state index contributed by atoms with van der Waals surface area (Å²) in [5.41, 5.74) is 0.802. The van der Waals surface area contributed by atoms with E-state index in [-0.39, 0.29) is 29.4 Å². The Morgan fingerprint density at radius 3 is 2.65 bits per heavy atom. The zero-order valence-corrected chi connectivity index (χ0v) is 17.3. The van der Waals surface area contributed by atoms with Gasteiger partial charge in [0, 0.05) is 44.0 Å². The van der Waals surface area contributed by atoms with Crippen LogP contribution in [0.3, 0.4) is 0 Å². The molecule has 1 fully saturated rings. The van der Waals surface area contributed by atoms with E-state index in [4.69, 9.17) is 4.74 Å². The maximum Gasteiger partial charge on any atom is 0.387 e. The second kappa shape index (κ2) is 10.1. The molecule has 1 aromatic carbocycles. The molecule has 0 atom stereocenters. The zero-order valence-electron chi connectivity index (χ0n) is 17.3.